The van der Waals surface area contributed by atoms with E-state index < -0.39 is 0 Å². The molecule has 0 bridgehead atoms. The van der Waals surface area contributed by atoms with E-state index in [1.807, 2.05) is 0 Å². The van der Waals surface area contributed by atoms with Crippen LogP contribution in [0.1, 0.15) is 117 Å². The van der Waals surface area contributed by atoms with Crippen molar-refractivity contribution in [1.29, 1.82) is 0 Å². The van der Waals surface area contributed by atoms with E-state index in [0.717, 1.165) is 19.3 Å². The number of nitrogens with two attached hydrogens (primary N) is 1. The maximum Gasteiger partial charge on any atom is 0.220 e. The third-order valence-corrected chi connectivity index (χ3v) is 5.19. The molecule has 0 aromatic heterocycles. The maximum absolute atomic E-state index is 12.0. The summed E-state index contributed by atoms with van der Waals surface area (Å²) in [6, 6.07) is -0.362. The Morgan fingerprint density at radius 1 is 0.821 bits per heavy atom. The minimum absolute atomic E-state index is 0.00477. The molecule has 0 radical (unpaired) electrons. The summed E-state index contributed by atoms with van der Waals surface area (Å²) in [5, 5.41) is 2.85. The molecular formula is C24H46N2O2. The molecule has 0 aromatic carbocycles. The second-order valence-corrected chi connectivity index (χ2v) is 8.00. The number of nitrogens with one attached hydrogen (secondary N) is 1. The van der Waals surface area contributed by atoms with Crippen LogP contribution in [0.3, 0.4) is 0 Å². The van der Waals surface area contributed by atoms with Crippen LogP contribution in [0.4, 0.5) is 0 Å². The summed E-state index contributed by atoms with van der Waals surface area (Å²) in [4.78, 5) is 23.5. The molecular weight excluding hydrogens is 348 g/mol. The fourth-order valence-electron chi connectivity index (χ4n) is 3.32. The second-order valence-electron chi connectivity index (χ2n) is 8.00. The Bertz CT molecular complexity index is 407. The molecule has 0 aliphatic rings. The molecule has 3 N–H and O–H groups in total. The van der Waals surface area contributed by atoms with E-state index >= 15 is 0 Å². The molecule has 0 aliphatic heterocycles. The number of hydrogen-bond donors (Lipinski definition) is 2. The minimum atomic E-state index is -0.362. The number of allylic oxidation sites excluding steroid dienone is 2. The monoisotopic (exact) mass is 394 g/mol. The van der Waals surface area contributed by atoms with Gasteiger partial charge in [-0.1, -0.05) is 70.4 Å². The molecule has 0 unspecified atom stereocenters. The van der Waals surface area contributed by atoms with Gasteiger partial charge < -0.3 is 11.1 Å². The first-order chi connectivity index (χ1) is 13.6. The van der Waals surface area contributed by atoms with E-state index in [2.05, 4.69) is 24.4 Å². The van der Waals surface area contributed by atoms with Crippen molar-refractivity contribution in [3.05, 3.63) is 12.2 Å². The highest BCUT2D eigenvalue weighted by Crippen LogP contribution is 2.10. The van der Waals surface area contributed by atoms with Gasteiger partial charge in [-0.05, 0) is 58.4 Å². The lowest BCUT2D eigenvalue weighted by Crippen LogP contribution is -2.39. The van der Waals surface area contributed by atoms with Gasteiger partial charge in [0.05, 0.1) is 6.04 Å². The predicted molar refractivity (Wildman–Crippen MR) is 120 cm³/mol. The number of carbonyl (C=O) groups is 2. The summed E-state index contributed by atoms with van der Waals surface area (Å²) in [5.74, 6) is 0.0150. The van der Waals surface area contributed by atoms with Gasteiger partial charge in [0.2, 0.25) is 5.91 Å². The number of amides is 1. The number of hydrogen-bond acceptors (Lipinski definition) is 3. The Morgan fingerprint density at radius 2 is 1.36 bits per heavy atom. The van der Waals surface area contributed by atoms with Crippen molar-refractivity contribution >= 4 is 11.7 Å². The molecule has 0 spiro atoms. The standard InChI is InChI=1S/C24H46N2O2/c1-3-4-5-6-7-8-9-10-11-12-13-14-15-16-17-20-24(28)26-23(22(2)27)19-18-21-25/h10-11,23H,3-9,12-21,25H2,1-2H3,(H,26,28)/b11-10-/t23-/m0/s1. The summed E-state index contributed by atoms with van der Waals surface area (Å²) in [7, 11) is 0. The minimum Gasteiger partial charge on any atom is -0.346 e. The van der Waals surface area contributed by atoms with Crippen molar-refractivity contribution in [2.45, 2.75) is 123 Å². The van der Waals surface area contributed by atoms with Crippen molar-refractivity contribution in [2.24, 2.45) is 5.73 Å². The van der Waals surface area contributed by atoms with Crippen molar-refractivity contribution in [2.75, 3.05) is 6.54 Å². The number of carbonyl (C=O) groups excluding carboxylic acids is 2. The molecule has 28 heavy (non-hydrogen) atoms. The van der Waals surface area contributed by atoms with Gasteiger partial charge in [-0.3, -0.25) is 9.59 Å². The molecule has 0 fully saturated rings. The van der Waals surface area contributed by atoms with Crippen molar-refractivity contribution in [1.82, 2.24) is 5.32 Å². The van der Waals surface area contributed by atoms with Gasteiger partial charge in [-0.15, -0.1) is 0 Å². The molecule has 0 aliphatic carbocycles. The molecule has 0 heterocycles. The normalized spacial score (nSPS) is 12.4. The third-order valence-electron chi connectivity index (χ3n) is 5.19. The van der Waals surface area contributed by atoms with Crippen LogP contribution in [0.5, 0.6) is 0 Å². The average molecular weight is 395 g/mol. The third kappa shape index (κ3) is 18.2. The summed E-state index contributed by atoms with van der Waals surface area (Å²) in [5.41, 5.74) is 5.48. The molecule has 0 saturated heterocycles. The van der Waals surface area contributed by atoms with Crippen LogP contribution in [0.25, 0.3) is 0 Å². The van der Waals surface area contributed by atoms with E-state index in [-0.39, 0.29) is 17.7 Å². The molecule has 164 valence electrons. The lowest BCUT2D eigenvalue weighted by Gasteiger charge is -2.15. The Balaban J connectivity index is 3.47. The Hall–Kier alpha value is -1.16. The van der Waals surface area contributed by atoms with E-state index in [0.29, 0.717) is 19.4 Å². The molecule has 4 nitrogen and oxygen atoms in total. The van der Waals surface area contributed by atoms with E-state index in [4.69, 9.17) is 5.73 Å². The van der Waals surface area contributed by atoms with Crippen molar-refractivity contribution < 1.29 is 9.59 Å². The van der Waals surface area contributed by atoms with Gasteiger partial charge in [-0.25, -0.2) is 0 Å². The van der Waals surface area contributed by atoms with E-state index in [1.54, 1.807) is 0 Å². The molecule has 0 aromatic rings. The second kappa shape index (κ2) is 20.6. The quantitative estimate of drug-likeness (QED) is 0.201. The fourth-order valence-corrected chi connectivity index (χ4v) is 3.32. The summed E-state index contributed by atoms with van der Waals surface area (Å²) >= 11 is 0. The first-order valence-corrected chi connectivity index (χ1v) is 11.8. The fraction of sp³-hybridized carbons (Fsp3) is 0.833. The number of Topliss-reactive ketones (excluding diaryl/α,β-unsaturated/α-hetero) is 1. The number of rotatable bonds is 20. The van der Waals surface area contributed by atoms with Crippen LogP contribution in [-0.4, -0.2) is 24.3 Å². The Kier molecular flexibility index (Phi) is 19.7. The lowest BCUT2D eigenvalue weighted by molar-refractivity contribution is -0.127. The molecule has 1 atom stereocenters. The highest BCUT2D eigenvalue weighted by molar-refractivity contribution is 5.87. The first kappa shape index (κ1) is 26.8. The molecule has 0 saturated carbocycles. The average Bonchev–Trinajstić information content (AvgIpc) is 2.67. The zero-order chi connectivity index (χ0) is 20.9. The van der Waals surface area contributed by atoms with Gasteiger partial charge in [0.25, 0.3) is 0 Å². The summed E-state index contributed by atoms with van der Waals surface area (Å²) in [6.45, 7) is 4.34. The number of unbranched alkanes of at least 4 members (excludes halogenated alkanes) is 11. The maximum atomic E-state index is 12.0. The Morgan fingerprint density at radius 3 is 1.89 bits per heavy atom. The SMILES string of the molecule is CCCCCCCC/C=C\CCCCCCCC(=O)N[C@@H](CCCN)C(C)=O. The highest BCUT2D eigenvalue weighted by atomic mass is 16.2. The molecule has 4 heteroatoms. The largest absolute Gasteiger partial charge is 0.346 e. The van der Waals surface area contributed by atoms with Crippen LogP contribution < -0.4 is 11.1 Å². The van der Waals surface area contributed by atoms with Gasteiger partial charge in [0, 0.05) is 6.42 Å². The lowest BCUT2D eigenvalue weighted by atomic mass is 10.1. The van der Waals surface area contributed by atoms with Crippen LogP contribution in [-0.2, 0) is 9.59 Å². The smallest absolute Gasteiger partial charge is 0.220 e. The zero-order valence-electron chi connectivity index (χ0n) is 18.6. The van der Waals surface area contributed by atoms with Crippen LogP contribution in [0.2, 0.25) is 0 Å². The van der Waals surface area contributed by atoms with E-state index in [1.165, 1.54) is 77.6 Å². The van der Waals surface area contributed by atoms with Gasteiger partial charge in [0.1, 0.15) is 0 Å². The zero-order valence-corrected chi connectivity index (χ0v) is 18.6. The summed E-state index contributed by atoms with van der Waals surface area (Å²) < 4.78 is 0. The van der Waals surface area contributed by atoms with Gasteiger partial charge >= 0.3 is 0 Å². The highest BCUT2D eigenvalue weighted by Gasteiger charge is 2.15. The topological polar surface area (TPSA) is 72.2 Å². The van der Waals surface area contributed by atoms with E-state index in [9.17, 15) is 9.59 Å². The van der Waals surface area contributed by atoms with Crippen LogP contribution >= 0.6 is 0 Å². The first-order valence-electron chi connectivity index (χ1n) is 11.8. The van der Waals surface area contributed by atoms with Gasteiger partial charge in [-0.2, -0.15) is 0 Å². The molecule has 1 amide bonds. The van der Waals surface area contributed by atoms with Crippen molar-refractivity contribution in [3.63, 3.8) is 0 Å². The summed E-state index contributed by atoms with van der Waals surface area (Å²) in [6.07, 6.45) is 22.9. The molecule has 0 rings (SSSR count). The van der Waals surface area contributed by atoms with Crippen molar-refractivity contribution in [3.8, 4) is 0 Å². The van der Waals surface area contributed by atoms with Crippen LogP contribution in [0, 0.1) is 0 Å². The number of ketones is 1. The Labute approximate surface area is 174 Å². The van der Waals surface area contributed by atoms with Crippen LogP contribution in [0.15, 0.2) is 12.2 Å². The predicted octanol–water partition coefficient (Wildman–Crippen LogP) is 5.84. The van der Waals surface area contributed by atoms with Gasteiger partial charge in [0.15, 0.2) is 5.78 Å².